The first-order chi connectivity index (χ1) is 8.79. The van der Waals surface area contributed by atoms with Gasteiger partial charge in [-0.2, -0.15) is 0 Å². The number of nitrogens with two attached hydrogens (primary N) is 1. The minimum atomic E-state index is -1.01. The van der Waals surface area contributed by atoms with Gasteiger partial charge in [-0.25, -0.2) is 8.78 Å². The lowest BCUT2D eigenvalue weighted by atomic mass is 10.1. The maximum Gasteiger partial charge on any atom is 0.252 e. The lowest BCUT2D eigenvalue weighted by Crippen LogP contribution is -2.44. The van der Waals surface area contributed by atoms with Gasteiger partial charge in [0.15, 0.2) is 0 Å². The zero-order valence-corrected chi connectivity index (χ0v) is 11.3. The van der Waals surface area contributed by atoms with Crippen molar-refractivity contribution in [1.29, 1.82) is 0 Å². The van der Waals surface area contributed by atoms with Gasteiger partial charge >= 0.3 is 0 Å². The summed E-state index contributed by atoms with van der Waals surface area (Å²) in [7, 11) is 0. The fourth-order valence-electron chi connectivity index (χ4n) is 1.37. The predicted molar refractivity (Wildman–Crippen MR) is 69.5 cm³/mol. The molecule has 1 atom stereocenters. The molecular formula is C12H11BrF2N2O2. The van der Waals surface area contributed by atoms with Gasteiger partial charge in [0.05, 0.1) is 0 Å². The maximum absolute atomic E-state index is 13.0. The van der Waals surface area contributed by atoms with Crippen LogP contribution in [0.25, 0.3) is 0 Å². The second-order valence-electron chi connectivity index (χ2n) is 3.81. The predicted octanol–water partition coefficient (Wildman–Crippen LogP) is 1.85. The van der Waals surface area contributed by atoms with Crippen LogP contribution in [0.5, 0.6) is 0 Å². The largest absolute Gasteiger partial charge is 0.368 e. The summed E-state index contributed by atoms with van der Waals surface area (Å²) in [5.41, 5.74) is 4.87. The lowest BCUT2D eigenvalue weighted by molar-refractivity contribution is -0.119. The number of primary amides is 1. The van der Waals surface area contributed by atoms with Crippen molar-refractivity contribution >= 4 is 27.7 Å². The van der Waals surface area contributed by atoms with Crippen LogP contribution >= 0.6 is 15.9 Å². The van der Waals surface area contributed by atoms with Gasteiger partial charge in [0.25, 0.3) is 5.91 Å². The van der Waals surface area contributed by atoms with Gasteiger partial charge in [-0.15, -0.1) is 0 Å². The van der Waals surface area contributed by atoms with Crippen molar-refractivity contribution in [3.63, 3.8) is 0 Å². The molecule has 1 aromatic rings. The van der Waals surface area contributed by atoms with E-state index < -0.39 is 29.5 Å². The molecule has 0 unspecified atom stereocenters. The van der Waals surface area contributed by atoms with Crippen LogP contribution in [0.4, 0.5) is 8.78 Å². The molecule has 0 saturated carbocycles. The Balaban J connectivity index is 2.87. The molecule has 0 radical (unpaired) electrons. The quantitative estimate of drug-likeness (QED) is 0.863. The van der Waals surface area contributed by atoms with E-state index in [-0.39, 0.29) is 12.0 Å². The summed E-state index contributed by atoms with van der Waals surface area (Å²) in [4.78, 5) is 22.9. The Labute approximate surface area is 116 Å². The zero-order valence-electron chi connectivity index (χ0n) is 9.75. The molecule has 19 heavy (non-hydrogen) atoms. The van der Waals surface area contributed by atoms with Crippen molar-refractivity contribution in [2.24, 2.45) is 5.73 Å². The van der Waals surface area contributed by atoms with E-state index in [1.54, 1.807) is 0 Å². The number of halogens is 3. The Morgan fingerprint density at radius 1 is 1.32 bits per heavy atom. The third-order valence-electron chi connectivity index (χ3n) is 2.20. The van der Waals surface area contributed by atoms with E-state index in [1.165, 1.54) is 0 Å². The van der Waals surface area contributed by atoms with Gasteiger partial charge in [-0.05, 0) is 16.6 Å². The third kappa shape index (κ3) is 4.78. The van der Waals surface area contributed by atoms with E-state index in [0.29, 0.717) is 10.5 Å². The van der Waals surface area contributed by atoms with Crippen LogP contribution in [0.15, 0.2) is 29.3 Å². The maximum atomic E-state index is 13.0. The van der Waals surface area contributed by atoms with Gasteiger partial charge in [0, 0.05) is 18.1 Å². The van der Waals surface area contributed by atoms with Crippen LogP contribution in [0.3, 0.4) is 0 Å². The summed E-state index contributed by atoms with van der Waals surface area (Å²) in [6, 6.07) is 1.35. The highest BCUT2D eigenvalue weighted by Gasteiger charge is 2.20. The van der Waals surface area contributed by atoms with Crippen molar-refractivity contribution in [2.45, 2.75) is 12.5 Å². The molecule has 0 heterocycles. The molecule has 1 rings (SSSR count). The minimum Gasteiger partial charge on any atom is -0.368 e. The summed E-state index contributed by atoms with van der Waals surface area (Å²) in [6.45, 7) is 3.52. The fraction of sp³-hybridized carbons (Fsp3) is 0.167. The van der Waals surface area contributed by atoms with Crippen LogP contribution in [0.2, 0.25) is 0 Å². The number of hydrogen-bond donors (Lipinski definition) is 2. The number of benzene rings is 1. The third-order valence-corrected chi connectivity index (χ3v) is 2.52. The van der Waals surface area contributed by atoms with E-state index >= 15 is 0 Å². The second-order valence-corrected chi connectivity index (χ2v) is 4.93. The first-order valence-corrected chi connectivity index (χ1v) is 5.98. The highest BCUT2D eigenvalue weighted by molar-refractivity contribution is 9.11. The van der Waals surface area contributed by atoms with Gasteiger partial charge in [0.2, 0.25) is 5.91 Å². The highest BCUT2D eigenvalue weighted by Crippen LogP contribution is 2.12. The average Bonchev–Trinajstić information content (AvgIpc) is 2.25. The SMILES string of the molecule is C=C(Br)C[C@H](NC(=O)c1cc(F)cc(F)c1)C(N)=O. The first-order valence-electron chi connectivity index (χ1n) is 5.19. The Hall–Kier alpha value is -1.76. The highest BCUT2D eigenvalue weighted by atomic mass is 79.9. The Morgan fingerprint density at radius 3 is 2.26 bits per heavy atom. The smallest absolute Gasteiger partial charge is 0.252 e. The Morgan fingerprint density at radius 2 is 1.84 bits per heavy atom. The number of rotatable bonds is 5. The molecule has 7 heteroatoms. The number of hydrogen-bond acceptors (Lipinski definition) is 2. The van der Waals surface area contributed by atoms with Crippen LogP contribution in [-0.2, 0) is 4.79 Å². The van der Waals surface area contributed by atoms with Crippen molar-refractivity contribution in [1.82, 2.24) is 5.32 Å². The normalized spacial score (nSPS) is 11.7. The molecule has 0 bridgehead atoms. The van der Waals surface area contributed by atoms with E-state index in [0.717, 1.165) is 12.1 Å². The molecule has 1 aromatic carbocycles. The fourth-order valence-corrected chi connectivity index (χ4v) is 1.69. The molecule has 0 spiro atoms. The van der Waals surface area contributed by atoms with Crippen molar-refractivity contribution < 1.29 is 18.4 Å². The number of nitrogens with one attached hydrogen (secondary N) is 1. The van der Waals surface area contributed by atoms with E-state index in [4.69, 9.17) is 5.73 Å². The molecule has 0 aromatic heterocycles. The van der Waals surface area contributed by atoms with Crippen LogP contribution in [0.1, 0.15) is 16.8 Å². The summed E-state index contributed by atoms with van der Waals surface area (Å²) in [6.07, 6.45) is 0.0822. The van der Waals surface area contributed by atoms with Crippen LogP contribution in [0, 0.1) is 11.6 Å². The molecule has 3 N–H and O–H groups in total. The molecule has 0 aliphatic carbocycles. The van der Waals surface area contributed by atoms with E-state index in [1.807, 2.05) is 0 Å². The summed E-state index contributed by atoms with van der Waals surface area (Å²) < 4.78 is 26.4. The number of carbonyl (C=O) groups excluding carboxylic acids is 2. The molecule has 102 valence electrons. The molecule has 0 fully saturated rings. The van der Waals surface area contributed by atoms with Crippen LogP contribution in [-0.4, -0.2) is 17.9 Å². The standard InChI is InChI=1S/C12H11BrF2N2O2/c1-6(13)2-10(11(16)18)17-12(19)7-3-8(14)5-9(15)4-7/h3-5,10H,1-2H2,(H2,16,18)(H,17,19)/t10-/m0/s1. The molecule has 4 nitrogen and oxygen atoms in total. The molecule has 0 aliphatic rings. The van der Waals surface area contributed by atoms with E-state index in [9.17, 15) is 18.4 Å². The number of amides is 2. The lowest BCUT2D eigenvalue weighted by Gasteiger charge is -2.14. The summed E-state index contributed by atoms with van der Waals surface area (Å²) in [5.74, 6) is -3.34. The van der Waals surface area contributed by atoms with Gasteiger partial charge in [-0.1, -0.05) is 22.5 Å². The topological polar surface area (TPSA) is 72.2 Å². The molecule has 0 aliphatic heterocycles. The van der Waals surface area contributed by atoms with Crippen molar-refractivity contribution in [3.05, 3.63) is 46.5 Å². The summed E-state index contributed by atoms with van der Waals surface area (Å²) in [5, 5.41) is 2.28. The first kappa shape index (κ1) is 15.3. The van der Waals surface area contributed by atoms with Gasteiger partial charge in [-0.3, -0.25) is 9.59 Å². The Bertz CT molecular complexity index is 514. The average molecular weight is 333 g/mol. The zero-order chi connectivity index (χ0) is 14.6. The van der Waals surface area contributed by atoms with Gasteiger partial charge < -0.3 is 11.1 Å². The van der Waals surface area contributed by atoms with Crippen LogP contribution < -0.4 is 11.1 Å². The minimum absolute atomic E-state index is 0.0822. The van der Waals surface area contributed by atoms with Crippen molar-refractivity contribution in [2.75, 3.05) is 0 Å². The molecule has 2 amide bonds. The molecular weight excluding hydrogens is 322 g/mol. The number of carbonyl (C=O) groups is 2. The monoisotopic (exact) mass is 332 g/mol. The summed E-state index contributed by atoms with van der Waals surface area (Å²) >= 11 is 3.04. The second kappa shape index (κ2) is 6.42. The molecule has 0 saturated heterocycles. The van der Waals surface area contributed by atoms with E-state index in [2.05, 4.69) is 27.8 Å². The van der Waals surface area contributed by atoms with Gasteiger partial charge in [0.1, 0.15) is 17.7 Å². The van der Waals surface area contributed by atoms with Crippen molar-refractivity contribution in [3.8, 4) is 0 Å². The Kier molecular flexibility index (Phi) is 5.17.